The maximum absolute atomic E-state index is 2.54. The Morgan fingerprint density at radius 3 is 2.13 bits per heavy atom. The van der Waals surface area contributed by atoms with E-state index in [0.29, 0.717) is 0 Å². The van der Waals surface area contributed by atoms with Crippen LogP contribution in [0.3, 0.4) is 0 Å². The smallest absolute Gasteiger partial charge is 0.0366 e. The second-order valence-corrected chi connectivity index (χ2v) is 4.98. The lowest BCUT2D eigenvalue weighted by molar-refractivity contribution is 0.387. The molecule has 0 amide bonds. The summed E-state index contributed by atoms with van der Waals surface area (Å²) in [5.41, 5.74) is 1.40. The number of anilines is 1. The van der Waals surface area contributed by atoms with Gasteiger partial charge in [0, 0.05) is 31.9 Å². The zero-order valence-electron chi connectivity index (χ0n) is 9.26. The molecular formula is C13H18N2. The van der Waals surface area contributed by atoms with E-state index in [1.807, 2.05) is 0 Å². The van der Waals surface area contributed by atoms with Crippen molar-refractivity contribution in [3.63, 3.8) is 0 Å². The monoisotopic (exact) mass is 202 g/mol. The number of hydrogen-bond acceptors (Lipinski definition) is 2. The third-order valence-corrected chi connectivity index (χ3v) is 3.79. The van der Waals surface area contributed by atoms with Gasteiger partial charge in [-0.25, -0.2) is 0 Å². The molecule has 0 radical (unpaired) electrons. The highest BCUT2D eigenvalue weighted by atomic mass is 15.2. The molecule has 2 heteroatoms. The molecule has 2 aliphatic heterocycles. The van der Waals surface area contributed by atoms with Gasteiger partial charge in [0.05, 0.1) is 0 Å². The van der Waals surface area contributed by atoms with Crippen LogP contribution in [0.5, 0.6) is 0 Å². The molecule has 80 valence electrons. The van der Waals surface area contributed by atoms with Crippen molar-refractivity contribution in [2.24, 2.45) is 11.8 Å². The van der Waals surface area contributed by atoms with Gasteiger partial charge in [-0.3, -0.25) is 0 Å². The fourth-order valence-corrected chi connectivity index (χ4v) is 3.08. The Morgan fingerprint density at radius 1 is 0.933 bits per heavy atom. The van der Waals surface area contributed by atoms with Crippen molar-refractivity contribution in [2.45, 2.75) is 0 Å². The minimum atomic E-state index is 0.898. The Hall–Kier alpha value is -1.02. The molecule has 0 unspecified atom stereocenters. The van der Waals surface area contributed by atoms with Gasteiger partial charge in [0.2, 0.25) is 0 Å². The summed E-state index contributed by atoms with van der Waals surface area (Å²) in [7, 11) is 2.24. The largest absolute Gasteiger partial charge is 0.371 e. The molecule has 0 bridgehead atoms. The van der Waals surface area contributed by atoms with Crippen molar-refractivity contribution in [3.8, 4) is 0 Å². The van der Waals surface area contributed by atoms with Crippen molar-refractivity contribution in [1.82, 2.24) is 4.90 Å². The highest BCUT2D eigenvalue weighted by Crippen LogP contribution is 2.32. The summed E-state index contributed by atoms with van der Waals surface area (Å²) in [5.74, 6) is 1.80. The average Bonchev–Trinajstić information content (AvgIpc) is 2.76. The summed E-state index contributed by atoms with van der Waals surface area (Å²) in [6, 6.07) is 10.8. The zero-order chi connectivity index (χ0) is 10.3. The standard InChI is InChI=1S/C13H18N2/c1-14-7-11-9-15(10-12(11)8-14)13-5-3-2-4-6-13/h2-6,11-12H,7-10H2,1H3/t11-,12+. The molecule has 2 fully saturated rings. The van der Waals surface area contributed by atoms with Crippen LogP contribution in [0.4, 0.5) is 5.69 Å². The maximum atomic E-state index is 2.54. The molecule has 3 rings (SSSR count). The molecule has 0 aliphatic carbocycles. The Bertz CT molecular complexity index is 322. The third-order valence-electron chi connectivity index (χ3n) is 3.79. The van der Waals surface area contributed by atoms with E-state index in [0.717, 1.165) is 11.8 Å². The van der Waals surface area contributed by atoms with Crippen LogP contribution in [0.1, 0.15) is 0 Å². The Morgan fingerprint density at radius 2 is 1.53 bits per heavy atom. The molecular weight excluding hydrogens is 184 g/mol. The molecule has 2 atom stereocenters. The number of likely N-dealkylation sites (tertiary alicyclic amines) is 1. The van der Waals surface area contributed by atoms with Crippen LogP contribution in [0.2, 0.25) is 0 Å². The van der Waals surface area contributed by atoms with Crippen molar-refractivity contribution < 1.29 is 0 Å². The van der Waals surface area contributed by atoms with Gasteiger partial charge in [-0.1, -0.05) is 18.2 Å². The van der Waals surface area contributed by atoms with Crippen molar-refractivity contribution in [1.29, 1.82) is 0 Å². The lowest BCUT2D eigenvalue weighted by Gasteiger charge is -2.21. The topological polar surface area (TPSA) is 6.48 Å². The molecule has 2 aliphatic rings. The van der Waals surface area contributed by atoms with Gasteiger partial charge in [0.15, 0.2) is 0 Å². The summed E-state index contributed by atoms with van der Waals surface area (Å²) in [4.78, 5) is 5.01. The molecule has 2 nitrogen and oxygen atoms in total. The molecule has 0 N–H and O–H groups in total. The lowest BCUT2D eigenvalue weighted by atomic mass is 10.0. The molecule has 1 aromatic carbocycles. The molecule has 0 saturated carbocycles. The molecule has 2 heterocycles. The van der Waals surface area contributed by atoms with Crippen LogP contribution in [0.15, 0.2) is 30.3 Å². The molecule has 15 heavy (non-hydrogen) atoms. The van der Waals surface area contributed by atoms with Crippen molar-refractivity contribution >= 4 is 5.69 Å². The van der Waals surface area contributed by atoms with Crippen LogP contribution in [0, 0.1) is 11.8 Å². The van der Waals surface area contributed by atoms with E-state index < -0.39 is 0 Å². The van der Waals surface area contributed by atoms with Crippen LogP contribution >= 0.6 is 0 Å². The van der Waals surface area contributed by atoms with E-state index >= 15 is 0 Å². The summed E-state index contributed by atoms with van der Waals surface area (Å²) in [6.07, 6.45) is 0. The minimum absolute atomic E-state index is 0.898. The van der Waals surface area contributed by atoms with Gasteiger partial charge in [0.25, 0.3) is 0 Å². The Labute approximate surface area is 91.5 Å². The summed E-state index contributed by atoms with van der Waals surface area (Å²) in [6.45, 7) is 5.07. The SMILES string of the molecule is CN1C[C@@H]2CN(c3ccccc3)C[C@@H]2C1. The summed E-state index contributed by atoms with van der Waals surface area (Å²) >= 11 is 0. The van der Waals surface area contributed by atoms with Crippen LogP contribution < -0.4 is 4.90 Å². The minimum Gasteiger partial charge on any atom is -0.371 e. The number of para-hydroxylation sites is 1. The number of fused-ring (bicyclic) bond motifs is 1. The van der Waals surface area contributed by atoms with Gasteiger partial charge in [-0.2, -0.15) is 0 Å². The molecule has 0 spiro atoms. The van der Waals surface area contributed by atoms with E-state index in [1.54, 1.807) is 0 Å². The highest BCUT2D eigenvalue weighted by Gasteiger charge is 2.38. The van der Waals surface area contributed by atoms with Gasteiger partial charge in [-0.05, 0) is 31.0 Å². The average molecular weight is 202 g/mol. The predicted molar refractivity (Wildman–Crippen MR) is 63.1 cm³/mol. The van der Waals surface area contributed by atoms with Gasteiger partial charge >= 0.3 is 0 Å². The fourth-order valence-electron chi connectivity index (χ4n) is 3.08. The lowest BCUT2D eigenvalue weighted by Crippen LogP contribution is -2.26. The first kappa shape index (κ1) is 9.22. The number of benzene rings is 1. The second kappa shape index (κ2) is 3.53. The number of nitrogens with zero attached hydrogens (tertiary/aromatic N) is 2. The van der Waals surface area contributed by atoms with Crippen LogP contribution in [0.25, 0.3) is 0 Å². The first-order chi connectivity index (χ1) is 7.33. The Kier molecular flexibility index (Phi) is 2.17. The molecule has 2 saturated heterocycles. The van der Waals surface area contributed by atoms with Crippen molar-refractivity contribution in [3.05, 3.63) is 30.3 Å². The van der Waals surface area contributed by atoms with Crippen LogP contribution in [-0.4, -0.2) is 38.1 Å². The van der Waals surface area contributed by atoms with E-state index in [4.69, 9.17) is 0 Å². The van der Waals surface area contributed by atoms with E-state index in [2.05, 4.69) is 47.2 Å². The fraction of sp³-hybridized carbons (Fsp3) is 0.538. The van der Waals surface area contributed by atoms with Crippen molar-refractivity contribution in [2.75, 3.05) is 38.1 Å². The molecule has 1 aromatic rings. The van der Waals surface area contributed by atoms with E-state index in [1.165, 1.54) is 31.9 Å². The van der Waals surface area contributed by atoms with Gasteiger partial charge in [-0.15, -0.1) is 0 Å². The van der Waals surface area contributed by atoms with E-state index in [9.17, 15) is 0 Å². The first-order valence-electron chi connectivity index (χ1n) is 5.81. The Balaban J connectivity index is 1.73. The van der Waals surface area contributed by atoms with E-state index in [-0.39, 0.29) is 0 Å². The zero-order valence-corrected chi connectivity index (χ0v) is 9.26. The third kappa shape index (κ3) is 1.63. The van der Waals surface area contributed by atoms with Crippen LogP contribution in [-0.2, 0) is 0 Å². The summed E-state index contributed by atoms with van der Waals surface area (Å²) < 4.78 is 0. The summed E-state index contributed by atoms with van der Waals surface area (Å²) in [5, 5.41) is 0. The predicted octanol–water partition coefficient (Wildman–Crippen LogP) is 1.68. The number of rotatable bonds is 1. The quantitative estimate of drug-likeness (QED) is 0.683. The second-order valence-electron chi connectivity index (χ2n) is 4.98. The highest BCUT2D eigenvalue weighted by molar-refractivity contribution is 5.47. The normalized spacial score (nSPS) is 30.9. The van der Waals surface area contributed by atoms with Gasteiger partial charge in [0.1, 0.15) is 0 Å². The maximum Gasteiger partial charge on any atom is 0.0366 e. The molecule has 0 aromatic heterocycles. The first-order valence-corrected chi connectivity index (χ1v) is 5.81. The van der Waals surface area contributed by atoms with Gasteiger partial charge < -0.3 is 9.80 Å². The number of hydrogen-bond donors (Lipinski definition) is 0.